The van der Waals surface area contributed by atoms with Crippen molar-refractivity contribution in [1.82, 2.24) is 0 Å². The molecule has 0 spiro atoms. The van der Waals surface area contributed by atoms with Crippen LogP contribution < -0.4 is 0 Å². The Hall–Kier alpha value is -4.32. The Kier molecular flexibility index (Phi) is 14.5. The highest BCUT2D eigenvalue weighted by atomic mass is 16.7. The van der Waals surface area contributed by atoms with Crippen molar-refractivity contribution >= 4 is 47.8 Å². The minimum Gasteiger partial charge on any atom is -0.463 e. The van der Waals surface area contributed by atoms with Crippen LogP contribution in [-0.2, 0) is 85.7 Å². The molecule has 0 aliphatic carbocycles. The zero-order chi connectivity index (χ0) is 35.6. The number of hydrogen-bond donors (Lipinski definition) is 0. The summed E-state index contributed by atoms with van der Waals surface area (Å²) in [4.78, 5) is 96.5. The third-order valence-corrected chi connectivity index (χ3v) is 6.64. The fourth-order valence-corrected chi connectivity index (χ4v) is 5.24. The molecule has 0 radical (unpaired) electrons. The van der Waals surface area contributed by atoms with E-state index in [1.54, 1.807) is 0 Å². The van der Waals surface area contributed by atoms with E-state index in [9.17, 15) is 38.4 Å². The van der Waals surface area contributed by atoms with Gasteiger partial charge in [0.15, 0.2) is 36.6 Å². The zero-order valence-electron chi connectivity index (χ0n) is 27.2. The molecule has 0 aromatic rings. The molecule has 0 aromatic carbocycles. The molecule has 47 heavy (non-hydrogen) atoms. The molecule has 10 atom stereocenters. The summed E-state index contributed by atoms with van der Waals surface area (Å²) in [6, 6.07) is 0. The van der Waals surface area contributed by atoms with Gasteiger partial charge in [0.25, 0.3) is 0 Å². The van der Waals surface area contributed by atoms with Crippen molar-refractivity contribution in [2.24, 2.45) is 0 Å². The molecule has 2 heterocycles. The van der Waals surface area contributed by atoms with Gasteiger partial charge in [0.05, 0.1) is 0 Å². The van der Waals surface area contributed by atoms with Gasteiger partial charge in [-0.2, -0.15) is 0 Å². The summed E-state index contributed by atoms with van der Waals surface area (Å²) in [5.41, 5.74) is 0. The molecular weight excluding hydrogens is 636 g/mol. The lowest BCUT2D eigenvalue weighted by atomic mass is 9.86. The largest absolute Gasteiger partial charge is 0.463 e. The second-order valence-corrected chi connectivity index (χ2v) is 10.7. The Bertz CT molecular complexity index is 1110. The molecule has 0 aromatic heterocycles. The van der Waals surface area contributed by atoms with Gasteiger partial charge >= 0.3 is 47.8 Å². The Morgan fingerprint density at radius 2 is 0.596 bits per heavy atom. The fraction of sp³-hybridized carbons (Fsp3) is 0.724. The van der Waals surface area contributed by atoms with E-state index in [1.165, 1.54) is 0 Å². The van der Waals surface area contributed by atoms with Crippen molar-refractivity contribution in [2.75, 3.05) is 13.2 Å². The molecule has 0 saturated carbocycles. The zero-order valence-corrected chi connectivity index (χ0v) is 27.2. The van der Waals surface area contributed by atoms with Gasteiger partial charge < -0.3 is 47.4 Å². The van der Waals surface area contributed by atoms with Gasteiger partial charge in [-0.05, 0) is 0 Å². The van der Waals surface area contributed by atoms with Crippen molar-refractivity contribution in [3.8, 4) is 0 Å². The lowest BCUT2D eigenvalue weighted by Crippen LogP contribution is -2.66. The topological polar surface area (TPSA) is 229 Å². The summed E-state index contributed by atoms with van der Waals surface area (Å²) in [6.45, 7) is 7.58. The van der Waals surface area contributed by atoms with E-state index in [1.807, 2.05) is 0 Å². The van der Waals surface area contributed by atoms with Crippen molar-refractivity contribution in [3.63, 3.8) is 0 Å². The molecule has 2 aliphatic heterocycles. The average Bonchev–Trinajstić information content (AvgIpc) is 2.91. The van der Waals surface area contributed by atoms with E-state index in [-0.39, 0.29) is 0 Å². The average molecular weight is 677 g/mol. The van der Waals surface area contributed by atoms with Gasteiger partial charge in [-0.25, -0.2) is 0 Å². The molecule has 2 rings (SSSR count). The summed E-state index contributed by atoms with van der Waals surface area (Å²) < 4.78 is 55.2. The molecule has 2 saturated heterocycles. The van der Waals surface area contributed by atoms with Crippen molar-refractivity contribution in [2.45, 2.75) is 123 Å². The van der Waals surface area contributed by atoms with Crippen LogP contribution in [0.4, 0.5) is 0 Å². The van der Waals surface area contributed by atoms with E-state index in [0.29, 0.717) is 0 Å². The van der Waals surface area contributed by atoms with E-state index in [4.69, 9.17) is 47.4 Å². The van der Waals surface area contributed by atoms with Crippen LogP contribution in [0, 0.1) is 0 Å². The molecule has 18 nitrogen and oxygen atoms in total. The Morgan fingerprint density at radius 3 is 0.830 bits per heavy atom. The van der Waals surface area contributed by atoms with Gasteiger partial charge in [-0.3, -0.25) is 38.4 Å². The highest BCUT2D eigenvalue weighted by molar-refractivity contribution is 5.70. The molecule has 0 bridgehead atoms. The van der Waals surface area contributed by atoms with Gasteiger partial charge in [-0.1, -0.05) is 0 Å². The molecule has 18 heteroatoms. The quantitative estimate of drug-likeness (QED) is 0.190. The van der Waals surface area contributed by atoms with E-state index < -0.39 is 128 Å². The number of ether oxygens (including phenoxy) is 10. The maximum absolute atomic E-state index is 12.3. The highest BCUT2D eigenvalue weighted by Gasteiger charge is 2.57. The third-order valence-electron chi connectivity index (χ3n) is 6.64. The monoisotopic (exact) mass is 676 g/mol. The van der Waals surface area contributed by atoms with Crippen LogP contribution in [0.5, 0.6) is 0 Å². The maximum Gasteiger partial charge on any atom is 0.303 e. The van der Waals surface area contributed by atoms with Crippen LogP contribution in [0.1, 0.15) is 61.8 Å². The van der Waals surface area contributed by atoms with Crippen LogP contribution in [0.25, 0.3) is 0 Å². The standard InChI is InChI=1S/C29H40O18/c1-12(30)38-10-22-26(42-16(5)34)28(44-18(7)36)24(40-14(3)32)20(46-22)9-21-25(41-15(4)33)29(45-19(8)37)27(43-17(6)35)23(47-21)11-39-13(2)31/h20-29H,9-11H2,1-8H3/t20-,21?,22+,23+,24-,25-,26+,27+,28+,29+/m0/s1. The number of esters is 8. The summed E-state index contributed by atoms with van der Waals surface area (Å²) in [5.74, 6) is -6.54. The van der Waals surface area contributed by atoms with Gasteiger partial charge in [0.2, 0.25) is 0 Å². The van der Waals surface area contributed by atoms with Gasteiger partial charge in [0.1, 0.15) is 37.6 Å². The summed E-state index contributed by atoms with van der Waals surface area (Å²) in [5, 5.41) is 0. The maximum atomic E-state index is 12.3. The summed E-state index contributed by atoms with van der Waals surface area (Å²) in [6.07, 6.45) is -14.5. The third kappa shape index (κ3) is 12.1. The van der Waals surface area contributed by atoms with Crippen LogP contribution in [0.15, 0.2) is 0 Å². The Labute approximate surface area is 269 Å². The molecule has 2 aliphatic rings. The highest BCUT2D eigenvalue weighted by Crippen LogP contribution is 2.36. The molecule has 0 N–H and O–H groups in total. The van der Waals surface area contributed by atoms with Gasteiger partial charge in [0, 0.05) is 61.8 Å². The van der Waals surface area contributed by atoms with Crippen LogP contribution in [0.2, 0.25) is 0 Å². The minimum absolute atomic E-state index is 0.391. The number of carbonyl (C=O) groups is 8. The summed E-state index contributed by atoms with van der Waals surface area (Å²) in [7, 11) is 0. The first-order chi connectivity index (χ1) is 21.9. The lowest BCUT2D eigenvalue weighted by molar-refractivity contribution is -0.276. The molecule has 2 fully saturated rings. The molecule has 1 unspecified atom stereocenters. The van der Waals surface area contributed by atoms with Crippen molar-refractivity contribution in [1.29, 1.82) is 0 Å². The minimum atomic E-state index is -1.51. The first-order valence-electron chi connectivity index (χ1n) is 14.5. The second kappa shape index (κ2) is 17.6. The molecule has 0 amide bonds. The smallest absolute Gasteiger partial charge is 0.303 e. The SMILES string of the molecule is CC(=O)OC[C@H]1O[C@@H](CC2O[C@H](COC(C)=O)[C@@H](OC(C)=O)[C@H](OC(C)=O)[C@H]2OC(C)=O)[C@H](OC(C)=O)[C@@H](OC(C)=O)[C@@H]1OC(C)=O. The van der Waals surface area contributed by atoms with E-state index in [2.05, 4.69) is 0 Å². The predicted octanol–water partition coefficient (Wildman–Crippen LogP) is -0.372. The van der Waals surface area contributed by atoms with Crippen LogP contribution in [-0.4, -0.2) is 122 Å². The van der Waals surface area contributed by atoms with E-state index in [0.717, 1.165) is 55.4 Å². The number of rotatable bonds is 12. The normalized spacial score (nSPS) is 30.0. The second-order valence-electron chi connectivity index (χ2n) is 10.7. The number of carbonyl (C=O) groups excluding carboxylic acids is 8. The molecule has 264 valence electrons. The van der Waals surface area contributed by atoms with Gasteiger partial charge in [-0.15, -0.1) is 0 Å². The Balaban J connectivity index is 2.69. The van der Waals surface area contributed by atoms with E-state index >= 15 is 0 Å². The first-order valence-corrected chi connectivity index (χ1v) is 14.5. The number of hydrogen-bond acceptors (Lipinski definition) is 18. The summed E-state index contributed by atoms with van der Waals surface area (Å²) >= 11 is 0. The van der Waals surface area contributed by atoms with Crippen LogP contribution >= 0.6 is 0 Å². The van der Waals surface area contributed by atoms with Crippen LogP contribution in [0.3, 0.4) is 0 Å². The lowest BCUT2D eigenvalue weighted by Gasteiger charge is -2.48. The first kappa shape index (κ1) is 38.9. The van der Waals surface area contributed by atoms with Crippen molar-refractivity contribution < 1.29 is 85.7 Å². The predicted molar refractivity (Wildman–Crippen MR) is 149 cm³/mol. The van der Waals surface area contributed by atoms with Crippen molar-refractivity contribution in [3.05, 3.63) is 0 Å². The fourth-order valence-electron chi connectivity index (χ4n) is 5.24. The Morgan fingerprint density at radius 1 is 0.362 bits per heavy atom. The molecular formula is C29H40O18.